The van der Waals surface area contributed by atoms with E-state index in [1.807, 2.05) is 0 Å². The summed E-state index contributed by atoms with van der Waals surface area (Å²) < 4.78 is 0. The quantitative estimate of drug-likeness (QED) is 0.836. The standard InChI is InChI=1S/C13H14ClNO2/c14-11-6-4-9(5-7-11)12(16)8-15-13(17)10-2-1-3-10/h4-7,10H,1-3,8H2,(H,15,17). The molecule has 0 aliphatic heterocycles. The molecule has 0 saturated heterocycles. The molecule has 3 nitrogen and oxygen atoms in total. The normalized spacial score (nSPS) is 15.1. The first-order chi connectivity index (χ1) is 8.16. The zero-order valence-corrected chi connectivity index (χ0v) is 10.2. The Morgan fingerprint density at radius 2 is 1.88 bits per heavy atom. The largest absolute Gasteiger partial charge is 0.348 e. The van der Waals surface area contributed by atoms with Gasteiger partial charge in [-0.2, -0.15) is 0 Å². The van der Waals surface area contributed by atoms with Crippen molar-refractivity contribution in [3.8, 4) is 0 Å². The van der Waals surface area contributed by atoms with Gasteiger partial charge in [-0.05, 0) is 37.1 Å². The predicted octanol–water partition coefficient (Wildman–Crippen LogP) is 2.44. The van der Waals surface area contributed by atoms with Crippen LogP contribution in [-0.2, 0) is 4.79 Å². The molecule has 4 heteroatoms. The van der Waals surface area contributed by atoms with Crippen molar-refractivity contribution in [1.29, 1.82) is 0 Å². The third-order valence-electron chi connectivity index (χ3n) is 3.07. The zero-order valence-electron chi connectivity index (χ0n) is 9.41. The Morgan fingerprint density at radius 3 is 2.41 bits per heavy atom. The van der Waals surface area contributed by atoms with Crippen molar-refractivity contribution in [3.05, 3.63) is 34.9 Å². The van der Waals surface area contributed by atoms with Crippen molar-refractivity contribution in [2.45, 2.75) is 19.3 Å². The lowest BCUT2D eigenvalue weighted by Crippen LogP contribution is -2.37. The number of Topliss-reactive ketones (excluding diaryl/α,β-unsaturated/α-hetero) is 1. The summed E-state index contributed by atoms with van der Waals surface area (Å²) in [6, 6.07) is 6.67. The Balaban J connectivity index is 1.84. The third-order valence-corrected chi connectivity index (χ3v) is 3.32. The van der Waals surface area contributed by atoms with Crippen LogP contribution in [0.1, 0.15) is 29.6 Å². The van der Waals surface area contributed by atoms with Gasteiger partial charge in [0.1, 0.15) is 0 Å². The summed E-state index contributed by atoms with van der Waals surface area (Å²) in [7, 11) is 0. The number of hydrogen-bond acceptors (Lipinski definition) is 2. The summed E-state index contributed by atoms with van der Waals surface area (Å²) in [6.45, 7) is 0.0664. The van der Waals surface area contributed by atoms with Gasteiger partial charge in [0.15, 0.2) is 5.78 Å². The second-order valence-electron chi connectivity index (χ2n) is 4.28. The molecule has 0 radical (unpaired) electrons. The van der Waals surface area contributed by atoms with Crippen LogP contribution < -0.4 is 5.32 Å². The van der Waals surface area contributed by atoms with Crippen LogP contribution in [0.15, 0.2) is 24.3 Å². The average Bonchev–Trinajstić information content (AvgIpc) is 2.24. The van der Waals surface area contributed by atoms with Crippen LogP contribution in [0.25, 0.3) is 0 Å². The van der Waals surface area contributed by atoms with Crippen LogP contribution in [0.4, 0.5) is 0 Å². The molecule has 1 aromatic carbocycles. The molecule has 1 aliphatic rings. The van der Waals surface area contributed by atoms with Crippen molar-refractivity contribution in [3.63, 3.8) is 0 Å². The highest BCUT2D eigenvalue weighted by molar-refractivity contribution is 6.30. The lowest BCUT2D eigenvalue weighted by atomic mass is 9.85. The average molecular weight is 252 g/mol. The molecule has 1 aliphatic carbocycles. The van der Waals surface area contributed by atoms with Gasteiger partial charge in [0, 0.05) is 16.5 Å². The zero-order chi connectivity index (χ0) is 12.3. The maximum atomic E-state index is 11.7. The van der Waals surface area contributed by atoms with Gasteiger partial charge in [0.05, 0.1) is 6.54 Å². The molecule has 0 bridgehead atoms. The van der Waals surface area contributed by atoms with Gasteiger partial charge in [-0.3, -0.25) is 9.59 Å². The van der Waals surface area contributed by atoms with Crippen LogP contribution in [0.5, 0.6) is 0 Å². The fourth-order valence-corrected chi connectivity index (χ4v) is 1.85. The van der Waals surface area contributed by atoms with Crippen molar-refractivity contribution in [2.24, 2.45) is 5.92 Å². The van der Waals surface area contributed by atoms with Gasteiger partial charge in [-0.1, -0.05) is 18.0 Å². The molecule has 1 N–H and O–H groups in total. The topological polar surface area (TPSA) is 46.2 Å². The first kappa shape index (κ1) is 12.1. The Morgan fingerprint density at radius 1 is 1.24 bits per heavy atom. The second-order valence-corrected chi connectivity index (χ2v) is 4.71. The minimum atomic E-state index is -0.0886. The Kier molecular flexibility index (Phi) is 3.79. The van der Waals surface area contributed by atoms with Crippen LogP contribution >= 0.6 is 11.6 Å². The van der Waals surface area contributed by atoms with Crippen LogP contribution in [-0.4, -0.2) is 18.2 Å². The Bertz CT molecular complexity index is 424. The van der Waals surface area contributed by atoms with Gasteiger partial charge >= 0.3 is 0 Å². The summed E-state index contributed by atoms with van der Waals surface area (Å²) in [5, 5.41) is 3.27. The number of carbonyl (C=O) groups is 2. The molecule has 17 heavy (non-hydrogen) atoms. The van der Waals surface area contributed by atoms with E-state index in [1.54, 1.807) is 24.3 Å². The highest BCUT2D eigenvalue weighted by atomic mass is 35.5. The number of rotatable bonds is 4. The minimum absolute atomic E-state index is 0.00133. The van der Waals surface area contributed by atoms with E-state index in [0.717, 1.165) is 19.3 Å². The molecule has 0 aromatic heterocycles. The molecule has 1 saturated carbocycles. The van der Waals surface area contributed by atoms with Crippen LogP contribution in [0, 0.1) is 5.92 Å². The first-order valence-electron chi connectivity index (χ1n) is 5.73. The van der Waals surface area contributed by atoms with Gasteiger partial charge in [-0.25, -0.2) is 0 Å². The van der Waals surface area contributed by atoms with E-state index >= 15 is 0 Å². The maximum Gasteiger partial charge on any atom is 0.223 e. The molecule has 90 valence electrons. The molecular weight excluding hydrogens is 238 g/mol. The molecule has 1 amide bonds. The van der Waals surface area contributed by atoms with E-state index in [0.29, 0.717) is 10.6 Å². The van der Waals surface area contributed by atoms with Crippen LogP contribution in [0.2, 0.25) is 5.02 Å². The number of nitrogens with one attached hydrogen (secondary N) is 1. The number of halogens is 1. The molecule has 0 unspecified atom stereocenters. The first-order valence-corrected chi connectivity index (χ1v) is 6.11. The molecular formula is C13H14ClNO2. The fraction of sp³-hybridized carbons (Fsp3) is 0.385. The lowest BCUT2D eigenvalue weighted by Gasteiger charge is -2.23. The number of benzene rings is 1. The van der Waals surface area contributed by atoms with E-state index in [2.05, 4.69) is 5.32 Å². The van der Waals surface area contributed by atoms with Crippen molar-refractivity contribution in [1.82, 2.24) is 5.32 Å². The van der Waals surface area contributed by atoms with E-state index in [-0.39, 0.29) is 24.2 Å². The maximum absolute atomic E-state index is 11.7. The van der Waals surface area contributed by atoms with E-state index in [1.165, 1.54) is 0 Å². The van der Waals surface area contributed by atoms with Crippen molar-refractivity contribution in [2.75, 3.05) is 6.54 Å². The molecule has 0 spiro atoms. The Hall–Kier alpha value is -1.35. The highest BCUT2D eigenvalue weighted by Crippen LogP contribution is 2.26. The smallest absolute Gasteiger partial charge is 0.223 e. The second kappa shape index (κ2) is 5.32. The van der Waals surface area contributed by atoms with E-state index < -0.39 is 0 Å². The number of amides is 1. The van der Waals surface area contributed by atoms with Gasteiger partial charge in [-0.15, -0.1) is 0 Å². The minimum Gasteiger partial charge on any atom is -0.348 e. The van der Waals surface area contributed by atoms with E-state index in [4.69, 9.17) is 11.6 Å². The summed E-state index contributed by atoms with van der Waals surface area (Å²) >= 11 is 5.73. The van der Waals surface area contributed by atoms with Crippen molar-refractivity contribution >= 4 is 23.3 Å². The van der Waals surface area contributed by atoms with Crippen LogP contribution in [0.3, 0.4) is 0 Å². The predicted molar refractivity (Wildman–Crippen MR) is 66.1 cm³/mol. The number of hydrogen-bond donors (Lipinski definition) is 1. The molecule has 1 aromatic rings. The molecule has 0 heterocycles. The van der Waals surface area contributed by atoms with Gasteiger partial charge < -0.3 is 5.32 Å². The summed E-state index contributed by atoms with van der Waals surface area (Å²) in [4.78, 5) is 23.3. The summed E-state index contributed by atoms with van der Waals surface area (Å²) in [6.07, 6.45) is 3.01. The fourth-order valence-electron chi connectivity index (χ4n) is 1.72. The molecule has 0 atom stereocenters. The highest BCUT2D eigenvalue weighted by Gasteiger charge is 2.25. The number of carbonyl (C=O) groups excluding carboxylic acids is 2. The monoisotopic (exact) mass is 251 g/mol. The SMILES string of the molecule is O=C(CNC(=O)C1CCC1)c1ccc(Cl)cc1. The van der Waals surface area contributed by atoms with Crippen molar-refractivity contribution < 1.29 is 9.59 Å². The molecule has 1 fully saturated rings. The lowest BCUT2D eigenvalue weighted by molar-refractivity contribution is -0.127. The summed E-state index contributed by atoms with van der Waals surface area (Å²) in [5.74, 6) is 0.0286. The van der Waals surface area contributed by atoms with E-state index in [9.17, 15) is 9.59 Å². The summed E-state index contributed by atoms with van der Waals surface area (Å²) in [5.41, 5.74) is 0.573. The Labute approximate surface area is 105 Å². The van der Waals surface area contributed by atoms with Gasteiger partial charge in [0.2, 0.25) is 5.91 Å². The molecule has 2 rings (SSSR count). The third kappa shape index (κ3) is 3.07. The van der Waals surface area contributed by atoms with Gasteiger partial charge in [0.25, 0.3) is 0 Å². The number of ketones is 1.